The summed E-state index contributed by atoms with van der Waals surface area (Å²) in [6.07, 6.45) is 0. The molecule has 0 aliphatic rings. The minimum Gasteiger partial charge on any atom is -0.478 e. The third-order valence-electron chi connectivity index (χ3n) is 5.41. The van der Waals surface area contributed by atoms with Crippen LogP contribution in [-0.4, -0.2) is 16.5 Å². The number of carbonyl (C=O) groups is 1. The molecule has 0 atom stereocenters. The molecule has 1 aromatic heterocycles. The molecule has 0 aliphatic heterocycles. The summed E-state index contributed by atoms with van der Waals surface area (Å²) < 4.78 is 12.9. The highest BCUT2D eigenvalue weighted by atomic mass is 79.9. The molecule has 0 saturated heterocycles. The molecule has 5 nitrogen and oxygen atoms in total. The predicted octanol–water partition coefficient (Wildman–Crippen LogP) is 7.21. The Hall–Kier alpha value is -3.64. The van der Waals surface area contributed by atoms with Gasteiger partial charge in [-0.05, 0) is 67.1 Å². The van der Waals surface area contributed by atoms with E-state index in [2.05, 4.69) is 27.3 Å². The molecule has 0 bridgehead atoms. The van der Waals surface area contributed by atoms with Gasteiger partial charge in [0.25, 0.3) is 5.91 Å². The summed E-state index contributed by atoms with van der Waals surface area (Å²) in [6.45, 7) is 3.47. The van der Waals surface area contributed by atoms with Crippen molar-refractivity contribution >= 4 is 49.4 Å². The van der Waals surface area contributed by atoms with E-state index < -0.39 is 5.60 Å². The van der Waals surface area contributed by atoms with Crippen molar-refractivity contribution in [2.24, 2.45) is 0 Å². The molecule has 6 heteroatoms. The Bertz CT molecular complexity index is 1480. The van der Waals surface area contributed by atoms with Gasteiger partial charge in [-0.2, -0.15) is 0 Å². The SMILES string of the molecule is CC(C)(Oc1ccccc1)C(=O)Nc1ccc2oc(-c3cccc4c(Br)cccc34)nc2c1. The van der Waals surface area contributed by atoms with Crippen molar-refractivity contribution in [2.75, 3.05) is 5.32 Å². The van der Waals surface area contributed by atoms with Crippen LogP contribution in [0.5, 0.6) is 5.75 Å². The highest BCUT2D eigenvalue weighted by Crippen LogP contribution is 2.34. The largest absolute Gasteiger partial charge is 0.478 e. The van der Waals surface area contributed by atoms with Gasteiger partial charge in [-0.25, -0.2) is 4.98 Å². The lowest BCUT2D eigenvalue weighted by atomic mass is 10.0. The van der Waals surface area contributed by atoms with E-state index in [4.69, 9.17) is 14.1 Å². The number of amides is 1. The number of aromatic nitrogens is 1. The van der Waals surface area contributed by atoms with E-state index in [-0.39, 0.29) is 5.91 Å². The van der Waals surface area contributed by atoms with Crippen LogP contribution < -0.4 is 10.1 Å². The van der Waals surface area contributed by atoms with Gasteiger partial charge in [-0.1, -0.05) is 58.4 Å². The molecule has 4 aromatic carbocycles. The first-order chi connectivity index (χ1) is 15.9. The third-order valence-corrected chi connectivity index (χ3v) is 6.10. The fourth-order valence-corrected chi connectivity index (χ4v) is 4.19. The molecule has 5 rings (SSSR count). The molecule has 0 spiro atoms. The first-order valence-corrected chi connectivity index (χ1v) is 11.3. The number of hydrogen-bond acceptors (Lipinski definition) is 4. The van der Waals surface area contributed by atoms with Crippen molar-refractivity contribution in [2.45, 2.75) is 19.4 Å². The molecule has 1 heterocycles. The summed E-state index contributed by atoms with van der Waals surface area (Å²) in [6, 6.07) is 26.8. The van der Waals surface area contributed by atoms with Crippen LogP contribution in [0.3, 0.4) is 0 Å². The zero-order valence-corrected chi connectivity index (χ0v) is 19.7. The second-order valence-corrected chi connectivity index (χ2v) is 9.08. The average Bonchev–Trinajstić information content (AvgIpc) is 3.22. The maximum absolute atomic E-state index is 12.9. The normalized spacial score (nSPS) is 11.6. The standard InChI is InChI=1S/C27H21BrN2O3/c1-27(2,33-18-8-4-3-5-9-18)26(31)29-17-14-15-24-23(16-17)30-25(32-24)21-12-6-11-20-19(21)10-7-13-22(20)28/h3-16H,1-2H3,(H,29,31). The summed E-state index contributed by atoms with van der Waals surface area (Å²) in [5, 5.41) is 5.07. The second kappa shape index (κ2) is 8.37. The van der Waals surface area contributed by atoms with Gasteiger partial charge in [-0.15, -0.1) is 0 Å². The average molecular weight is 501 g/mol. The van der Waals surface area contributed by atoms with Gasteiger partial charge in [0.05, 0.1) is 0 Å². The molecule has 5 aromatic rings. The number of para-hydroxylation sites is 1. The number of benzene rings is 4. The third kappa shape index (κ3) is 4.22. The minimum atomic E-state index is -1.05. The maximum atomic E-state index is 12.9. The van der Waals surface area contributed by atoms with Crippen LogP contribution in [0.25, 0.3) is 33.3 Å². The number of fused-ring (bicyclic) bond motifs is 2. The van der Waals surface area contributed by atoms with Crippen molar-refractivity contribution in [3.8, 4) is 17.2 Å². The molecular formula is C27H21BrN2O3. The number of halogens is 1. The number of carbonyl (C=O) groups excluding carboxylic acids is 1. The summed E-state index contributed by atoms with van der Waals surface area (Å²) in [4.78, 5) is 17.6. The van der Waals surface area contributed by atoms with Crippen LogP contribution in [0.15, 0.2) is 93.8 Å². The molecule has 33 heavy (non-hydrogen) atoms. The van der Waals surface area contributed by atoms with E-state index >= 15 is 0 Å². The molecule has 0 fully saturated rings. The monoisotopic (exact) mass is 500 g/mol. The lowest BCUT2D eigenvalue weighted by Gasteiger charge is -2.25. The smallest absolute Gasteiger partial charge is 0.267 e. The minimum absolute atomic E-state index is 0.256. The van der Waals surface area contributed by atoms with Gasteiger partial charge in [0.15, 0.2) is 11.2 Å². The molecule has 0 unspecified atom stereocenters. The van der Waals surface area contributed by atoms with E-state index in [1.807, 2.05) is 66.7 Å². The number of anilines is 1. The van der Waals surface area contributed by atoms with Gasteiger partial charge in [0.1, 0.15) is 11.3 Å². The number of ether oxygens (including phenoxy) is 1. The summed E-state index contributed by atoms with van der Waals surface area (Å²) >= 11 is 3.61. The molecule has 164 valence electrons. The van der Waals surface area contributed by atoms with Gasteiger partial charge in [-0.3, -0.25) is 4.79 Å². The lowest BCUT2D eigenvalue weighted by molar-refractivity contribution is -0.128. The molecule has 0 aliphatic carbocycles. The van der Waals surface area contributed by atoms with Crippen molar-refractivity contribution in [3.63, 3.8) is 0 Å². The Kier molecular flexibility index (Phi) is 5.38. The number of hydrogen-bond donors (Lipinski definition) is 1. The van der Waals surface area contributed by atoms with E-state index in [1.54, 1.807) is 26.0 Å². The quantitative estimate of drug-likeness (QED) is 0.277. The highest BCUT2D eigenvalue weighted by molar-refractivity contribution is 9.10. The highest BCUT2D eigenvalue weighted by Gasteiger charge is 2.30. The Labute approximate surface area is 199 Å². The van der Waals surface area contributed by atoms with Crippen molar-refractivity contribution in [3.05, 3.63) is 89.4 Å². The Balaban J connectivity index is 1.42. The first-order valence-electron chi connectivity index (χ1n) is 10.5. The number of nitrogens with one attached hydrogen (secondary N) is 1. The Morgan fingerprint density at radius 1 is 0.939 bits per heavy atom. The Morgan fingerprint density at radius 3 is 2.52 bits per heavy atom. The van der Waals surface area contributed by atoms with Crippen LogP contribution in [0.1, 0.15) is 13.8 Å². The predicted molar refractivity (Wildman–Crippen MR) is 134 cm³/mol. The summed E-state index contributed by atoms with van der Waals surface area (Å²) in [7, 11) is 0. The molecular weight excluding hydrogens is 480 g/mol. The lowest BCUT2D eigenvalue weighted by Crippen LogP contribution is -2.42. The van der Waals surface area contributed by atoms with Crippen molar-refractivity contribution in [1.82, 2.24) is 4.98 Å². The van der Waals surface area contributed by atoms with E-state index in [0.717, 1.165) is 20.8 Å². The molecule has 0 radical (unpaired) electrons. The Morgan fingerprint density at radius 2 is 1.70 bits per heavy atom. The van der Waals surface area contributed by atoms with Crippen LogP contribution >= 0.6 is 15.9 Å². The van der Waals surface area contributed by atoms with E-state index in [9.17, 15) is 4.79 Å². The maximum Gasteiger partial charge on any atom is 0.267 e. The summed E-state index contributed by atoms with van der Waals surface area (Å²) in [5.41, 5.74) is 1.79. The number of oxazole rings is 1. The van der Waals surface area contributed by atoms with Crippen LogP contribution in [0, 0.1) is 0 Å². The van der Waals surface area contributed by atoms with Crippen molar-refractivity contribution < 1.29 is 13.9 Å². The zero-order valence-electron chi connectivity index (χ0n) is 18.1. The van der Waals surface area contributed by atoms with Gasteiger partial charge < -0.3 is 14.5 Å². The first kappa shape index (κ1) is 21.2. The second-order valence-electron chi connectivity index (χ2n) is 8.22. The van der Waals surface area contributed by atoms with Crippen LogP contribution in [0.2, 0.25) is 0 Å². The molecule has 1 N–H and O–H groups in total. The van der Waals surface area contributed by atoms with Gasteiger partial charge in [0.2, 0.25) is 5.89 Å². The number of rotatable bonds is 5. The summed E-state index contributed by atoms with van der Waals surface area (Å²) in [5.74, 6) is 0.911. The fraction of sp³-hybridized carbons (Fsp3) is 0.111. The molecule has 1 amide bonds. The van der Waals surface area contributed by atoms with E-state index in [1.165, 1.54) is 0 Å². The van der Waals surface area contributed by atoms with Crippen LogP contribution in [-0.2, 0) is 4.79 Å². The van der Waals surface area contributed by atoms with E-state index in [0.29, 0.717) is 28.4 Å². The fourth-order valence-electron chi connectivity index (χ4n) is 3.69. The number of nitrogens with zero attached hydrogens (tertiary/aromatic N) is 1. The van der Waals surface area contributed by atoms with Gasteiger partial charge >= 0.3 is 0 Å². The topological polar surface area (TPSA) is 64.4 Å². The van der Waals surface area contributed by atoms with Crippen LogP contribution in [0.4, 0.5) is 5.69 Å². The van der Waals surface area contributed by atoms with Crippen molar-refractivity contribution in [1.29, 1.82) is 0 Å². The zero-order chi connectivity index (χ0) is 23.0. The van der Waals surface area contributed by atoms with Gasteiger partial charge in [0, 0.05) is 15.7 Å². The molecule has 0 saturated carbocycles.